The van der Waals surface area contributed by atoms with Crippen LogP contribution in [0, 0.1) is 0 Å². The van der Waals surface area contributed by atoms with E-state index in [0.717, 1.165) is 5.56 Å². The first-order chi connectivity index (χ1) is 14.0. The molecule has 9 nitrogen and oxygen atoms in total. The molecule has 0 spiro atoms. The molecule has 1 aliphatic heterocycles. The topological polar surface area (TPSA) is 110 Å². The number of pyridine rings is 1. The van der Waals surface area contributed by atoms with Crippen molar-refractivity contribution >= 4 is 10.0 Å². The monoisotopic (exact) mass is 415 g/mol. The number of ether oxygens (including phenoxy) is 1. The second kappa shape index (κ2) is 7.90. The third-order valence-corrected chi connectivity index (χ3v) is 6.42. The Morgan fingerprint density at radius 2 is 2.03 bits per heavy atom. The summed E-state index contributed by atoms with van der Waals surface area (Å²) in [5.41, 5.74) is 0.764. The standard InChI is InChI=1S/C19H21N5O4S/c1-24-12-14(23-29(25,26)16-7-5-15(27-2)6-8-16)10-17(24)19-21-18(22-28-19)13-4-3-9-20-11-13/h3-9,11,14,17,23H,10,12H2,1-2H3. The highest BCUT2D eigenvalue weighted by Gasteiger charge is 2.36. The highest BCUT2D eigenvalue weighted by molar-refractivity contribution is 7.89. The largest absolute Gasteiger partial charge is 0.497 e. The van der Waals surface area contributed by atoms with Crippen LogP contribution in [0.15, 0.2) is 58.2 Å². The van der Waals surface area contributed by atoms with Crippen LogP contribution in [0.25, 0.3) is 11.4 Å². The number of aromatic nitrogens is 3. The number of nitrogens with zero attached hydrogens (tertiary/aromatic N) is 4. The summed E-state index contributed by atoms with van der Waals surface area (Å²) in [6.07, 6.45) is 3.87. The molecule has 10 heteroatoms. The Hall–Kier alpha value is -2.82. The molecule has 1 aliphatic rings. The maximum atomic E-state index is 12.7. The molecule has 1 saturated heterocycles. The quantitative estimate of drug-likeness (QED) is 0.650. The molecule has 1 aromatic carbocycles. The fourth-order valence-corrected chi connectivity index (χ4v) is 4.64. The molecular weight excluding hydrogens is 394 g/mol. The summed E-state index contributed by atoms with van der Waals surface area (Å²) in [7, 11) is -0.204. The van der Waals surface area contributed by atoms with Crippen molar-refractivity contribution in [2.45, 2.75) is 23.4 Å². The van der Waals surface area contributed by atoms with Crippen LogP contribution in [0.1, 0.15) is 18.4 Å². The molecule has 0 radical (unpaired) electrons. The summed E-state index contributed by atoms with van der Waals surface area (Å²) >= 11 is 0. The minimum Gasteiger partial charge on any atom is -0.497 e. The van der Waals surface area contributed by atoms with E-state index in [1.807, 2.05) is 18.0 Å². The average molecular weight is 415 g/mol. The number of hydrogen-bond donors (Lipinski definition) is 1. The molecular formula is C19H21N5O4S. The number of benzene rings is 1. The van der Waals surface area contributed by atoms with Crippen molar-refractivity contribution in [2.24, 2.45) is 0 Å². The van der Waals surface area contributed by atoms with E-state index in [0.29, 0.717) is 30.4 Å². The lowest BCUT2D eigenvalue weighted by molar-refractivity contribution is 0.244. The Morgan fingerprint density at radius 1 is 1.24 bits per heavy atom. The van der Waals surface area contributed by atoms with Gasteiger partial charge in [-0.15, -0.1) is 0 Å². The van der Waals surface area contributed by atoms with Crippen molar-refractivity contribution in [3.63, 3.8) is 0 Å². The maximum absolute atomic E-state index is 12.7. The predicted octanol–water partition coefficient (Wildman–Crippen LogP) is 1.86. The van der Waals surface area contributed by atoms with Crippen molar-refractivity contribution in [2.75, 3.05) is 20.7 Å². The van der Waals surface area contributed by atoms with Crippen molar-refractivity contribution in [1.82, 2.24) is 24.7 Å². The summed E-state index contributed by atoms with van der Waals surface area (Å²) in [5.74, 6) is 1.52. The van der Waals surface area contributed by atoms with E-state index < -0.39 is 10.0 Å². The van der Waals surface area contributed by atoms with Gasteiger partial charge in [0, 0.05) is 30.5 Å². The number of methoxy groups -OCH3 is 1. The number of likely N-dealkylation sites (tertiary alicyclic amines) is 1. The van der Waals surface area contributed by atoms with Gasteiger partial charge in [-0.05, 0) is 49.9 Å². The molecule has 0 bridgehead atoms. The van der Waals surface area contributed by atoms with Gasteiger partial charge < -0.3 is 9.26 Å². The van der Waals surface area contributed by atoms with E-state index in [9.17, 15) is 8.42 Å². The zero-order chi connectivity index (χ0) is 20.4. The van der Waals surface area contributed by atoms with Gasteiger partial charge in [0.15, 0.2) is 0 Å². The van der Waals surface area contributed by atoms with Gasteiger partial charge in [-0.1, -0.05) is 5.16 Å². The fraction of sp³-hybridized carbons (Fsp3) is 0.316. The molecule has 1 N–H and O–H groups in total. The Labute approximate surface area is 168 Å². The van der Waals surface area contributed by atoms with E-state index in [4.69, 9.17) is 9.26 Å². The van der Waals surface area contributed by atoms with Crippen molar-refractivity contribution in [3.05, 3.63) is 54.7 Å². The number of likely N-dealkylation sites (N-methyl/N-ethyl adjacent to an activating group) is 1. The number of nitrogens with one attached hydrogen (secondary N) is 1. The third kappa shape index (κ3) is 4.14. The Morgan fingerprint density at radius 3 is 2.72 bits per heavy atom. The van der Waals surface area contributed by atoms with Gasteiger partial charge in [-0.25, -0.2) is 13.1 Å². The zero-order valence-electron chi connectivity index (χ0n) is 16.0. The first-order valence-electron chi connectivity index (χ1n) is 9.07. The molecule has 29 heavy (non-hydrogen) atoms. The minimum atomic E-state index is -3.64. The van der Waals surface area contributed by atoms with Crippen LogP contribution in [0.2, 0.25) is 0 Å². The highest BCUT2D eigenvalue weighted by Crippen LogP contribution is 2.31. The Bertz CT molecular complexity index is 1070. The molecule has 3 aromatic rings. The average Bonchev–Trinajstić information content (AvgIpc) is 3.35. The van der Waals surface area contributed by atoms with Crippen LogP contribution in [0.4, 0.5) is 0 Å². The minimum absolute atomic E-state index is 0.170. The molecule has 2 atom stereocenters. The summed E-state index contributed by atoms with van der Waals surface area (Å²) in [6.45, 7) is 0.532. The van der Waals surface area contributed by atoms with Gasteiger partial charge in [0.1, 0.15) is 5.75 Å². The molecule has 2 unspecified atom stereocenters. The summed E-state index contributed by atoms with van der Waals surface area (Å²) in [6, 6.07) is 9.50. The lowest BCUT2D eigenvalue weighted by Gasteiger charge is -2.14. The molecule has 2 aromatic heterocycles. The van der Waals surface area contributed by atoms with Crippen LogP contribution in [-0.4, -0.2) is 55.2 Å². The van der Waals surface area contributed by atoms with Gasteiger partial charge in [0.25, 0.3) is 0 Å². The summed E-state index contributed by atoms with van der Waals surface area (Å²) in [5, 5.41) is 4.03. The molecule has 0 aliphatic carbocycles. The maximum Gasteiger partial charge on any atom is 0.244 e. The lowest BCUT2D eigenvalue weighted by atomic mass is 10.2. The zero-order valence-corrected chi connectivity index (χ0v) is 16.8. The van der Waals surface area contributed by atoms with Gasteiger partial charge >= 0.3 is 0 Å². The van der Waals surface area contributed by atoms with E-state index in [1.165, 1.54) is 19.2 Å². The second-order valence-corrected chi connectivity index (χ2v) is 8.60. The summed E-state index contributed by atoms with van der Waals surface area (Å²) < 4.78 is 38.7. The molecule has 1 fully saturated rings. The van der Waals surface area contributed by atoms with Crippen LogP contribution < -0.4 is 9.46 Å². The third-order valence-electron chi connectivity index (χ3n) is 4.89. The van der Waals surface area contributed by atoms with Gasteiger partial charge in [0.2, 0.25) is 21.7 Å². The predicted molar refractivity (Wildman–Crippen MR) is 105 cm³/mol. The smallest absolute Gasteiger partial charge is 0.244 e. The normalized spacial score (nSPS) is 20.1. The first-order valence-corrected chi connectivity index (χ1v) is 10.6. The number of rotatable bonds is 6. The molecule has 152 valence electrons. The van der Waals surface area contributed by atoms with Crippen LogP contribution in [0.5, 0.6) is 5.75 Å². The molecule has 4 rings (SSSR count). The van der Waals surface area contributed by atoms with Crippen molar-refractivity contribution in [3.8, 4) is 17.1 Å². The van der Waals surface area contributed by atoms with E-state index >= 15 is 0 Å². The van der Waals surface area contributed by atoms with E-state index in [2.05, 4.69) is 19.8 Å². The number of sulfonamides is 1. The van der Waals surface area contributed by atoms with Gasteiger partial charge in [-0.2, -0.15) is 4.98 Å². The highest BCUT2D eigenvalue weighted by atomic mass is 32.2. The van der Waals surface area contributed by atoms with Crippen molar-refractivity contribution < 1.29 is 17.7 Å². The van der Waals surface area contributed by atoms with Crippen LogP contribution >= 0.6 is 0 Å². The molecule has 0 saturated carbocycles. The van der Waals surface area contributed by atoms with Crippen LogP contribution in [0.3, 0.4) is 0 Å². The number of hydrogen-bond acceptors (Lipinski definition) is 8. The van der Waals surface area contributed by atoms with Crippen molar-refractivity contribution in [1.29, 1.82) is 0 Å². The first kappa shape index (κ1) is 19.5. The van der Waals surface area contributed by atoms with Gasteiger partial charge in [-0.3, -0.25) is 9.88 Å². The fourth-order valence-electron chi connectivity index (χ4n) is 3.40. The van der Waals surface area contributed by atoms with Gasteiger partial charge in [0.05, 0.1) is 18.0 Å². The molecule has 0 amide bonds. The summed E-state index contributed by atoms with van der Waals surface area (Å²) in [4.78, 5) is 10.7. The van der Waals surface area contributed by atoms with Crippen LogP contribution in [-0.2, 0) is 10.0 Å². The lowest BCUT2D eigenvalue weighted by Crippen LogP contribution is -2.36. The second-order valence-electron chi connectivity index (χ2n) is 6.88. The van der Waals surface area contributed by atoms with E-state index in [-0.39, 0.29) is 17.0 Å². The van der Waals surface area contributed by atoms with E-state index in [1.54, 1.807) is 30.6 Å². The SMILES string of the molecule is COc1ccc(S(=O)(=O)NC2CC(c3nc(-c4cccnc4)no3)N(C)C2)cc1. The molecule has 3 heterocycles. The Kier molecular flexibility index (Phi) is 5.31. The Balaban J connectivity index is 1.46.